The number of rotatable bonds is 3. The highest BCUT2D eigenvalue weighted by atomic mass is 19.4. The van der Waals surface area contributed by atoms with E-state index >= 15 is 0 Å². The molecule has 5 nitrogen and oxygen atoms in total. The van der Waals surface area contributed by atoms with E-state index in [2.05, 4.69) is 10.6 Å². The molecule has 1 saturated heterocycles. The fraction of sp³-hybridized carbons (Fsp3) is 0.800. The van der Waals surface area contributed by atoms with Crippen molar-refractivity contribution >= 4 is 11.8 Å². The molecule has 1 rings (SSSR count). The average molecular weight is 267 g/mol. The third-order valence-electron chi connectivity index (χ3n) is 2.79. The van der Waals surface area contributed by atoms with Crippen LogP contribution >= 0.6 is 0 Å². The second kappa shape index (κ2) is 5.55. The number of nitrogens with one attached hydrogen (secondary N) is 2. The Morgan fingerprint density at radius 3 is 2.44 bits per heavy atom. The minimum atomic E-state index is -4.53. The summed E-state index contributed by atoms with van der Waals surface area (Å²) in [5.74, 6) is -1.90. The first-order valence-electron chi connectivity index (χ1n) is 5.49. The Balaban J connectivity index is 2.59. The minimum Gasteiger partial charge on any atom is -0.359 e. The van der Waals surface area contributed by atoms with Crippen molar-refractivity contribution in [3.63, 3.8) is 0 Å². The maximum absolute atomic E-state index is 12.0. The quantitative estimate of drug-likeness (QED) is 0.740. The monoisotopic (exact) mass is 267 g/mol. The summed E-state index contributed by atoms with van der Waals surface area (Å²) in [4.78, 5) is 24.5. The summed E-state index contributed by atoms with van der Waals surface area (Å²) in [6.07, 6.45) is -6.05. The Morgan fingerprint density at radius 1 is 1.33 bits per heavy atom. The van der Waals surface area contributed by atoms with E-state index in [9.17, 15) is 22.8 Å². The molecule has 0 saturated carbocycles. The summed E-state index contributed by atoms with van der Waals surface area (Å²) in [5, 5.41) is 4.71. The van der Waals surface area contributed by atoms with Gasteiger partial charge in [-0.25, -0.2) is 0 Å². The largest absolute Gasteiger partial charge is 0.397 e. The Kier molecular flexibility index (Phi) is 4.55. The zero-order valence-corrected chi connectivity index (χ0v) is 10.2. The average Bonchev–Trinajstić information content (AvgIpc) is 2.55. The van der Waals surface area contributed by atoms with Crippen molar-refractivity contribution in [1.29, 1.82) is 0 Å². The molecule has 104 valence electrons. The smallest absolute Gasteiger partial charge is 0.359 e. The number of nitrogens with zero attached hydrogens (tertiary/aromatic N) is 1. The number of halogens is 3. The number of likely N-dealkylation sites (N-methyl/N-ethyl adjacent to an activating group) is 1. The zero-order valence-electron chi connectivity index (χ0n) is 10.2. The molecule has 1 heterocycles. The molecule has 0 aliphatic carbocycles. The molecule has 1 fully saturated rings. The zero-order chi connectivity index (χ0) is 13.9. The number of carbonyl (C=O) groups excluding carboxylic acids is 2. The lowest BCUT2D eigenvalue weighted by Crippen LogP contribution is -2.46. The van der Waals surface area contributed by atoms with Crippen LogP contribution < -0.4 is 10.6 Å². The van der Waals surface area contributed by atoms with Gasteiger partial charge in [0, 0.05) is 20.1 Å². The summed E-state index contributed by atoms with van der Waals surface area (Å²) in [7, 11) is 3.20. The highest BCUT2D eigenvalue weighted by molar-refractivity contribution is 5.82. The number of carbonyl (C=O) groups is 2. The molecular formula is C10H16F3N3O2. The molecule has 0 aromatic carbocycles. The summed E-state index contributed by atoms with van der Waals surface area (Å²) >= 11 is 0. The number of alkyl halides is 3. The fourth-order valence-electron chi connectivity index (χ4n) is 2.04. The van der Waals surface area contributed by atoms with Gasteiger partial charge >= 0.3 is 6.18 Å². The highest BCUT2D eigenvalue weighted by Gasteiger charge is 2.38. The van der Waals surface area contributed by atoms with E-state index in [1.165, 1.54) is 7.05 Å². The van der Waals surface area contributed by atoms with Gasteiger partial charge in [0.05, 0.1) is 12.0 Å². The molecule has 0 aromatic rings. The molecule has 2 N–H and O–H groups in total. The van der Waals surface area contributed by atoms with Gasteiger partial charge in [-0.15, -0.1) is 0 Å². The molecule has 0 bridgehead atoms. The summed E-state index contributed by atoms with van der Waals surface area (Å²) in [6.45, 7) is 0.776. The normalized spacial score (nSPS) is 24.9. The first-order chi connectivity index (χ1) is 8.23. The highest BCUT2D eigenvalue weighted by Crippen LogP contribution is 2.21. The molecule has 0 aromatic heterocycles. The summed E-state index contributed by atoms with van der Waals surface area (Å²) < 4.78 is 36.1. The second-order valence-corrected chi connectivity index (χ2v) is 4.41. The minimum absolute atomic E-state index is 0.281. The second-order valence-electron chi connectivity index (χ2n) is 4.41. The van der Waals surface area contributed by atoms with E-state index in [4.69, 9.17) is 0 Å². The molecule has 0 spiro atoms. The maximum atomic E-state index is 12.0. The van der Waals surface area contributed by atoms with E-state index in [0.717, 1.165) is 0 Å². The van der Waals surface area contributed by atoms with E-state index in [1.54, 1.807) is 11.9 Å². The van der Waals surface area contributed by atoms with Crippen LogP contribution in [0.1, 0.15) is 6.42 Å². The Morgan fingerprint density at radius 2 is 1.94 bits per heavy atom. The van der Waals surface area contributed by atoms with E-state index < -0.39 is 30.5 Å². The van der Waals surface area contributed by atoms with Gasteiger partial charge in [-0.1, -0.05) is 0 Å². The molecule has 8 heteroatoms. The predicted molar refractivity (Wildman–Crippen MR) is 57.7 cm³/mol. The molecule has 18 heavy (non-hydrogen) atoms. The van der Waals surface area contributed by atoms with E-state index in [0.29, 0.717) is 13.1 Å². The van der Waals surface area contributed by atoms with Crippen LogP contribution in [0.2, 0.25) is 0 Å². The van der Waals surface area contributed by atoms with Crippen LogP contribution in [0.5, 0.6) is 0 Å². The number of hydrogen-bond acceptors (Lipinski definition) is 3. The predicted octanol–water partition coefficient (Wildman–Crippen LogP) is -0.269. The van der Waals surface area contributed by atoms with Crippen LogP contribution in [0.4, 0.5) is 13.2 Å². The number of amides is 2. The lowest BCUT2D eigenvalue weighted by Gasteiger charge is -2.19. The number of hydrogen-bond donors (Lipinski definition) is 2. The SMILES string of the molecule is CNC(=O)[C@@H]1CN(C)C[C@@H]1NC(=O)CC(F)(F)F. The molecular weight excluding hydrogens is 251 g/mol. The first kappa shape index (κ1) is 14.7. The Bertz CT molecular complexity index is 333. The Labute approximate surface area is 103 Å². The van der Waals surface area contributed by atoms with E-state index in [1.807, 2.05) is 0 Å². The molecule has 0 unspecified atom stereocenters. The molecule has 0 radical (unpaired) electrons. The first-order valence-corrected chi connectivity index (χ1v) is 5.49. The van der Waals surface area contributed by atoms with Crippen molar-refractivity contribution in [2.45, 2.75) is 18.6 Å². The molecule has 1 aliphatic rings. The Hall–Kier alpha value is -1.31. The molecule has 1 aliphatic heterocycles. The van der Waals surface area contributed by atoms with Gasteiger partial charge < -0.3 is 15.5 Å². The van der Waals surface area contributed by atoms with Crippen LogP contribution in [0.15, 0.2) is 0 Å². The summed E-state index contributed by atoms with van der Waals surface area (Å²) in [5.41, 5.74) is 0. The van der Waals surface area contributed by atoms with Crippen molar-refractivity contribution in [2.24, 2.45) is 5.92 Å². The molecule has 2 amide bonds. The topological polar surface area (TPSA) is 61.4 Å². The van der Waals surface area contributed by atoms with Gasteiger partial charge in [-0.3, -0.25) is 9.59 Å². The van der Waals surface area contributed by atoms with Gasteiger partial charge in [0.15, 0.2) is 0 Å². The standard InChI is InChI=1S/C10H16F3N3O2/c1-14-9(18)6-4-16(2)5-7(6)15-8(17)3-10(11,12)13/h6-7H,3-5H2,1-2H3,(H,14,18)(H,15,17)/t6-,7+/m1/s1. The third kappa shape index (κ3) is 4.17. The van der Waals surface area contributed by atoms with Crippen molar-refractivity contribution < 1.29 is 22.8 Å². The maximum Gasteiger partial charge on any atom is 0.397 e. The third-order valence-corrected chi connectivity index (χ3v) is 2.79. The van der Waals surface area contributed by atoms with Gasteiger partial charge in [-0.05, 0) is 7.05 Å². The fourth-order valence-corrected chi connectivity index (χ4v) is 2.04. The van der Waals surface area contributed by atoms with Crippen molar-refractivity contribution in [1.82, 2.24) is 15.5 Å². The lowest BCUT2D eigenvalue weighted by molar-refractivity contribution is -0.154. The van der Waals surface area contributed by atoms with Crippen LogP contribution in [0.3, 0.4) is 0 Å². The number of likely N-dealkylation sites (tertiary alicyclic amines) is 1. The van der Waals surface area contributed by atoms with Gasteiger partial charge in [-0.2, -0.15) is 13.2 Å². The summed E-state index contributed by atoms with van der Waals surface area (Å²) in [6, 6.07) is -0.579. The van der Waals surface area contributed by atoms with Gasteiger partial charge in [0.1, 0.15) is 6.42 Å². The van der Waals surface area contributed by atoms with Crippen molar-refractivity contribution in [2.75, 3.05) is 27.2 Å². The van der Waals surface area contributed by atoms with Gasteiger partial charge in [0.2, 0.25) is 11.8 Å². The van der Waals surface area contributed by atoms with Crippen molar-refractivity contribution in [3.05, 3.63) is 0 Å². The van der Waals surface area contributed by atoms with Crippen LogP contribution in [0.25, 0.3) is 0 Å². The molecule has 2 atom stereocenters. The van der Waals surface area contributed by atoms with Crippen LogP contribution in [-0.4, -0.2) is 56.1 Å². The van der Waals surface area contributed by atoms with E-state index in [-0.39, 0.29) is 5.91 Å². The van der Waals surface area contributed by atoms with Gasteiger partial charge in [0.25, 0.3) is 0 Å². The van der Waals surface area contributed by atoms with Crippen LogP contribution in [0, 0.1) is 5.92 Å². The van der Waals surface area contributed by atoms with Crippen LogP contribution in [-0.2, 0) is 9.59 Å². The van der Waals surface area contributed by atoms with Crippen molar-refractivity contribution in [3.8, 4) is 0 Å². The lowest BCUT2D eigenvalue weighted by atomic mass is 10.0.